The van der Waals surface area contributed by atoms with E-state index in [2.05, 4.69) is 15.0 Å². The van der Waals surface area contributed by atoms with Gasteiger partial charge in [-0.3, -0.25) is 0 Å². The Hall–Kier alpha value is -0.940. The predicted octanol–water partition coefficient (Wildman–Crippen LogP) is 0.649. The van der Waals surface area contributed by atoms with E-state index in [9.17, 15) is 4.79 Å². The number of carbonyl (C=O) groups excluding carboxylic acids is 1. The van der Waals surface area contributed by atoms with Crippen molar-refractivity contribution in [3.05, 3.63) is 16.1 Å². The number of aromatic nitrogens is 1. The Kier molecular flexibility index (Phi) is 3.19. The first kappa shape index (κ1) is 9.15. The maximum absolute atomic E-state index is 11.0. The summed E-state index contributed by atoms with van der Waals surface area (Å²) in [6.07, 6.45) is 1.53. The number of hydrogen-bond donors (Lipinski definition) is 1. The van der Waals surface area contributed by atoms with Crippen molar-refractivity contribution in [1.29, 1.82) is 0 Å². The second-order valence-electron chi connectivity index (χ2n) is 2.14. The van der Waals surface area contributed by atoms with Gasteiger partial charge in [-0.05, 0) is 7.05 Å². The molecule has 0 bridgehead atoms. The lowest BCUT2D eigenvalue weighted by Crippen LogP contribution is -2.03. The van der Waals surface area contributed by atoms with E-state index in [0.29, 0.717) is 11.4 Å². The fraction of sp³-hybridized carbons (Fsp3) is 0.429. The molecule has 1 aromatic heterocycles. The number of thiazole rings is 1. The minimum absolute atomic E-state index is 0.324. The molecule has 0 aliphatic rings. The lowest BCUT2D eigenvalue weighted by Gasteiger charge is -1.91. The molecule has 12 heavy (non-hydrogen) atoms. The first-order valence-electron chi connectivity index (χ1n) is 3.45. The molecular formula is C7H10N2O2S. The van der Waals surface area contributed by atoms with Crippen LogP contribution in [0.2, 0.25) is 0 Å². The summed E-state index contributed by atoms with van der Waals surface area (Å²) in [7, 11) is 3.19. The van der Waals surface area contributed by atoms with E-state index < -0.39 is 0 Å². The van der Waals surface area contributed by atoms with E-state index in [0.717, 1.165) is 5.01 Å². The van der Waals surface area contributed by atoms with Crippen LogP contribution in [0.4, 0.5) is 0 Å². The minimum Gasteiger partial charge on any atom is -0.465 e. The van der Waals surface area contributed by atoms with Gasteiger partial charge in [0.1, 0.15) is 9.88 Å². The molecule has 0 saturated heterocycles. The van der Waals surface area contributed by atoms with Gasteiger partial charge in [0.15, 0.2) is 0 Å². The Morgan fingerprint density at radius 3 is 3.17 bits per heavy atom. The van der Waals surface area contributed by atoms with Gasteiger partial charge in [0.25, 0.3) is 0 Å². The van der Waals surface area contributed by atoms with Crippen molar-refractivity contribution in [2.75, 3.05) is 14.2 Å². The normalized spacial score (nSPS) is 9.83. The molecular weight excluding hydrogens is 176 g/mol. The van der Waals surface area contributed by atoms with Gasteiger partial charge in [-0.25, -0.2) is 9.78 Å². The molecule has 0 unspecified atom stereocenters. The van der Waals surface area contributed by atoms with Crippen LogP contribution in [-0.4, -0.2) is 25.1 Å². The zero-order valence-electron chi connectivity index (χ0n) is 6.96. The molecule has 1 aromatic rings. The number of carbonyl (C=O) groups is 1. The second kappa shape index (κ2) is 4.18. The molecule has 0 aromatic carbocycles. The highest BCUT2D eigenvalue weighted by molar-refractivity contribution is 7.13. The lowest BCUT2D eigenvalue weighted by atomic mass is 10.6. The number of rotatable bonds is 3. The largest absolute Gasteiger partial charge is 0.465 e. The fourth-order valence-electron chi connectivity index (χ4n) is 0.738. The van der Waals surface area contributed by atoms with Gasteiger partial charge in [-0.1, -0.05) is 0 Å². The second-order valence-corrected chi connectivity index (χ2v) is 3.26. The molecule has 4 nitrogen and oxygen atoms in total. The van der Waals surface area contributed by atoms with Gasteiger partial charge in [-0.2, -0.15) is 0 Å². The fourth-order valence-corrected chi connectivity index (χ4v) is 1.59. The van der Waals surface area contributed by atoms with E-state index in [-0.39, 0.29) is 5.97 Å². The maximum Gasteiger partial charge on any atom is 0.349 e. The molecule has 1 rings (SSSR count). The Bertz CT molecular complexity index is 272. The zero-order valence-corrected chi connectivity index (χ0v) is 7.77. The maximum atomic E-state index is 11.0. The van der Waals surface area contributed by atoms with Crippen LogP contribution in [0.3, 0.4) is 0 Å². The van der Waals surface area contributed by atoms with Crippen LogP contribution in [-0.2, 0) is 11.3 Å². The van der Waals surface area contributed by atoms with Crippen molar-refractivity contribution in [2.45, 2.75) is 6.54 Å². The third kappa shape index (κ3) is 2.02. The molecule has 0 aliphatic carbocycles. The lowest BCUT2D eigenvalue weighted by molar-refractivity contribution is 0.0606. The summed E-state index contributed by atoms with van der Waals surface area (Å²) >= 11 is 1.34. The first-order chi connectivity index (χ1) is 5.77. The first-order valence-corrected chi connectivity index (χ1v) is 4.27. The van der Waals surface area contributed by atoms with Crippen molar-refractivity contribution >= 4 is 17.3 Å². The van der Waals surface area contributed by atoms with Crippen molar-refractivity contribution in [1.82, 2.24) is 10.3 Å². The van der Waals surface area contributed by atoms with E-state index in [1.807, 2.05) is 7.05 Å². The monoisotopic (exact) mass is 186 g/mol. The number of esters is 1. The molecule has 0 spiro atoms. The minimum atomic E-state index is -0.324. The molecule has 1 heterocycles. The highest BCUT2D eigenvalue weighted by Crippen LogP contribution is 2.13. The average molecular weight is 186 g/mol. The standard InChI is InChI=1S/C7H10N2O2S/c1-8-4-6-9-3-5(12-6)7(10)11-2/h3,8H,4H2,1-2H3. The van der Waals surface area contributed by atoms with E-state index in [1.165, 1.54) is 24.6 Å². The third-order valence-electron chi connectivity index (χ3n) is 1.27. The van der Waals surface area contributed by atoms with Crippen molar-refractivity contribution < 1.29 is 9.53 Å². The average Bonchev–Trinajstić information content (AvgIpc) is 2.52. The number of ether oxygens (including phenoxy) is 1. The Balaban J connectivity index is 2.70. The van der Waals surface area contributed by atoms with Crippen LogP contribution in [0.1, 0.15) is 14.7 Å². The summed E-state index contributed by atoms with van der Waals surface area (Å²) in [6.45, 7) is 0.682. The van der Waals surface area contributed by atoms with Gasteiger partial charge in [0.2, 0.25) is 0 Å². The summed E-state index contributed by atoms with van der Waals surface area (Å²) in [4.78, 5) is 15.5. The van der Waals surface area contributed by atoms with Crippen LogP contribution in [0.25, 0.3) is 0 Å². The topological polar surface area (TPSA) is 51.2 Å². The van der Waals surface area contributed by atoms with Gasteiger partial charge in [0.05, 0.1) is 13.3 Å². The molecule has 0 radical (unpaired) electrons. The van der Waals surface area contributed by atoms with Gasteiger partial charge < -0.3 is 10.1 Å². The van der Waals surface area contributed by atoms with Gasteiger partial charge in [0, 0.05) is 6.54 Å². The van der Waals surface area contributed by atoms with E-state index in [4.69, 9.17) is 0 Å². The van der Waals surface area contributed by atoms with Gasteiger partial charge >= 0.3 is 5.97 Å². The summed E-state index contributed by atoms with van der Waals surface area (Å²) in [6, 6.07) is 0. The molecule has 0 atom stereocenters. The van der Waals surface area contributed by atoms with Crippen molar-refractivity contribution in [2.24, 2.45) is 0 Å². The highest BCUT2D eigenvalue weighted by atomic mass is 32.1. The van der Waals surface area contributed by atoms with Crippen LogP contribution in [0.15, 0.2) is 6.20 Å². The Morgan fingerprint density at radius 2 is 2.58 bits per heavy atom. The van der Waals surface area contributed by atoms with Crippen LogP contribution >= 0.6 is 11.3 Å². The summed E-state index contributed by atoms with van der Waals surface area (Å²) in [5.74, 6) is -0.324. The number of hydrogen-bond acceptors (Lipinski definition) is 5. The SMILES string of the molecule is CNCc1ncc(C(=O)OC)s1. The summed E-state index contributed by atoms with van der Waals surface area (Å²) < 4.78 is 4.54. The number of nitrogens with one attached hydrogen (secondary N) is 1. The number of methoxy groups -OCH3 is 1. The van der Waals surface area contributed by atoms with Crippen LogP contribution in [0.5, 0.6) is 0 Å². The Labute approximate surface area is 74.6 Å². The molecule has 1 N–H and O–H groups in total. The van der Waals surface area contributed by atoms with Gasteiger partial charge in [-0.15, -0.1) is 11.3 Å². The molecule has 0 amide bonds. The molecule has 5 heteroatoms. The predicted molar refractivity (Wildman–Crippen MR) is 46.2 cm³/mol. The van der Waals surface area contributed by atoms with Crippen LogP contribution < -0.4 is 5.32 Å². The molecule has 0 aliphatic heterocycles. The third-order valence-corrected chi connectivity index (χ3v) is 2.25. The highest BCUT2D eigenvalue weighted by Gasteiger charge is 2.09. The molecule has 66 valence electrons. The smallest absolute Gasteiger partial charge is 0.349 e. The summed E-state index contributed by atoms with van der Waals surface area (Å²) in [5.41, 5.74) is 0. The summed E-state index contributed by atoms with van der Waals surface area (Å²) in [5, 5.41) is 3.84. The van der Waals surface area contributed by atoms with Crippen LogP contribution in [0, 0.1) is 0 Å². The molecule has 0 saturated carbocycles. The number of nitrogens with zero attached hydrogens (tertiary/aromatic N) is 1. The quantitative estimate of drug-likeness (QED) is 0.704. The van der Waals surface area contributed by atoms with E-state index in [1.54, 1.807) is 0 Å². The molecule has 0 fully saturated rings. The van der Waals surface area contributed by atoms with E-state index >= 15 is 0 Å². The van der Waals surface area contributed by atoms with Crippen molar-refractivity contribution in [3.8, 4) is 0 Å². The van der Waals surface area contributed by atoms with Crippen molar-refractivity contribution in [3.63, 3.8) is 0 Å². The zero-order chi connectivity index (χ0) is 8.97. The Morgan fingerprint density at radius 1 is 1.83 bits per heavy atom.